The van der Waals surface area contributed by atoms with Crippen LogP contribution >= 0.6 is 0 Å². The van der Waals surface area contributed by atoms with Gasteiger partial charge in [0.15, 0.2) is 5.78 Å². The SMILES string of the molecule is CC(=O)CC(=O)c1c(C)cc(C)n1C. The van der Waals surface area contributed by atoms with Crippen molar-refractivity contribution < 1.29 is 9.59 Å². The van der Waals surface area contributed by atoms with E-state index < -0.39 is 0 Å². The minimum Gasteiger partial charge on any atom is -0.345 e. The lowest BCUT2D eigenvalue weighted by Gasteiger charge is -2.04. The number of nitrogens with zero attached hydrogens (tertiary/aromatic N) is 1. The summed E-state index contributed by atoms with van der Waals surface area (Å²) >= 11 is 0. The van der Waals surface area contributed by atoms with Crippen LogP contribution in [0.3, 0.4) is 0 Å². The topological polar surface area (TPSA) is 39.1 Å². The zero-order chi connectivity index (χ0) is 10.9. The highest BCUT2D eigenvalue weighted by molar-refractivity contribution is 6.07. The van der Waals surface area contributed by atoms with Crippen LogP contribution in [0.25, 0.3) is 0 Å². The third-order valence-corrected chi connectivity index (χ3v) is 2.34. The van der Waals surface area contributed by atoms with E-state index in [0.29, 0.717) is 5.69 Å². The standard InChI is InChI=1S/C11H15NO2/c1-7-5-8(2)12(4)11(7)10(14)6-9(3)13/h5H,6H2,1-4H3. The van der Waals surface area contributed by atoms with E-state index in [2.05, 4.69) is 0 Å². The Labute approximate surface area is 83.7 Å². The first kappa shape index (κ1) is 10.7. The number of rotatable bonds is 3. The Bertz CT molecular complexity index is 388. The maximum absolute atomic E-state index is 11.7. The van der Waals surface area contributed by atoms with E-state index in [-0.39, 0.29) is 18.0 Å². The summed E-state index contributed by atoms with van der Waals surface area (Å²) < 4.78 is 1.83. The molecule has 0 aliphatic carbocycles. The van der Waals surface area contributed by atoms with Gasteiger partial charge in [0.2, 0.25) is 0 Å². The summed E-state index contributed by atoms with van der Waals surface area (Å²) in [7, 11) is 1.84. The van der Waals surface area contributed by atoms with Gasteiger partial charge in [-0.3, -0.25) is 9.59 Å². The normalized spacial score (nSPS) is 10.3. The number of hydrogen-bond donors (Lipinski definition) is 0. The number of carbonyl (C=O) groups is 2. The highest BCUT2D eigenvalue weighted by Gasteiger charge is 2.16. The van der Waals surface area contributed by atoms with Gasteiger partial charge in [-0.25, -0.2) is 0 Å². The van der Waals surface area contributed by atoms with Gasteiger partial charge in [-0.15, -0.1) is 0 Å². The van der Waals surface area contributed by atoms with Crippen molar-refractivity contribution in [3.05, 3.63) is 23.0 Å². The maximum Gasteiger partial charge on any atom is 0.186 e. The summed E-state index contributed by atoms with van der Waals surface area (Å²) in [6.07, 6.45) is -0.00185. The van der Waals surface area contributed by atoms with Crippen molar-refractivity contribution in [1.29, 1.82) is 0 Å². The lowest BCUT2D eigenvalue weighted by atomic mass is 10.1. The Kier molecular flexibility index (Phi) is 2.89. The Balaban J connectivity index is 3.06. The van der Waals surface area contributed by atoms with Gasteiger partial charge in [0, 0.05) is 12.7 Å². The smallest absolute Gasteiger partial charge is 0.186 e. The zero-order valence-corrected chi connectivity index (χ0v) is 9.05. The average Bonchev–Trinajstić information content (AvgIpc) is 2.25. The van der Waals surface area contributed by atoms with E-state index in [1.807, 2.05) is 31.5 Å². The van der Waals surface area contributed by atoms with Crippen molar-refractivity contribution in [3.63, 3.8) is 0 Å². The van der Waals surface area contributed by atoms with E-state index in [9.17, 15) is 9.59 Å². The highest BCUT2D eigenvalue weighted by Crippen LogP contribution is 2.15. The van der Waals surface area contributed by atoms with Crippen LogP contribution in [0, 0.1) is 13.8 Å². The quantitative estimate of drug-likeness (QED) is 0.542. The van der Waals surface area contributed by atoms with Crippen molar-refractivity contribution in [2.24, 2.45) is 7.05 Å². The Morgan fingerprint density at radius 1 is 1.36 bits per heavy atom. The molecule has 0 amide bonds. The van der Waals surface area contributed by atoms with Gasteiger partial charge in [-0.1, -0.05) is 0 Å². The molecule has 1 aromatic heterocycles. The molecule has 0 aromatic carbocycles. The van der Waals surface area contributed by atoms with Crippen molar-refractivity contribution in [1.82, 2.24) is 4.57 Å². The zero-order valence-electron chi connectivity index (χ0n) is 9.05. The molecule has 1 aromatic rings. The molecule has 0 atom stereocenters. The second kappa shape index (κ2) is 3.78. The van der Waals surface area contributed by atoms with Gasteiger partial charge in [-0.05, 0) is 32.4 Å². The summed E-state index contributed by atoms with van der Waals surface area (Å²) in [6, 6.07) is 1.95. The molecule has 0 spiro atoms. The van der Waals surface area contributed by atoms with Crippen molar-refractivity contribution in [2.75, 3.05) is 0 Å². The highest BCUT2D eigenvalue weighted by atomic mass is 16.1. The molecule has 1 heterocycles. The van der Waals surface area contributed by atoms with Crippen molar-refractivity contribution >= 4 is 11.6 Å². The van der Waals surface area contributed by atoms with Crippen LogP contribution < -0.4 is 0 Å². The molecule has 0 unspecified atom stereocenters. The van der Waals surface area contributed by atoms with Crippen LogP contribution in [0.15, 0.2) is 6.07 Å². The minimum atomic E-state index is -0.0920. The summed E-state index contributed by atoms with van der Waals surface area (Å²) in [4.78, 5) is 22.5. The average molecular weight is 193 g/mol. The van der Waals surface area contributed by atoms with E-state index in [0.717, 1.165) is 11.3 Å². The minimum absolute atomic E-state index is 0.00185. The van der Waals surface area contributed by atoms with Gasteiger partial charge in [0.25, 0.3) is 0 Å². The van der Waals surface area contributed by atoms with E-state index >= 15 is 0 Å². The second-order valence-corrected chi connectivity index (χ2v) is 3.68. The summed E-state index contributed by atoms with van der Waals surface area (Å²) in [5.74, 6) is -0.182. The molecular formula is C11H15NO2. The summed E-state index contributed by atoms with van der Waals surface area (Å²) in [5.41, 5.74) is 2.63. The number of ketones is 2. The van der Waals surface area contributed by atoms with Crippen LogP contribution in [0.1, 0.15) is 35.1 Å². The molecule has 0 saturated carbocycles. The van der Waals surface area contributed by atoms with Crippen LogP contribution in [0.2, 0.25) is 0 Å². The van der Waals surface area contributed by atoms with Crippen molar-refractivity contribution in [3.8, 4) is 0 Å². The fraction of sp³-hybridized carbons (Fsp3) is 0.455. The first-order chi connectivity index (χ1) is 6.43. The monoisotopic (exact) mass is 193 g/mol. The number of carbonyl (C=O) groups excluding carboxylic acids is 2. The lowest BCUT2D eigenvalue weighted by molar-refractivity contribution is -0.116. The third-order valence-electron chi connectivity index (χ3n) is 2.34. The number of Topliss-reactive ketones (excluding diaryl/α,β-unsaturated/α-hetero) is 2. The van der Waals surface area contributed by atoms with Gasteiger partial charge in [-0.2, -0.15) is 0 Å². The fourth-order valence-electron chi connectivity index (χ4n) is 1.64. The van der Waals surface area contributed by atoms with Crippen molar-refractivity contribution in [2.45, 2.75) is 27.2 Å². The Morgan fingerprint density at radius 2 is 1.93 bits per heavy atom. The molecule has 0 bridgehead atoms. The largest absolute Gasteiger partial charge is 0.345 e. The van der Waals surface area contributed by atoms with Crippen LogP contribution in [0.4, 0.5) is 0 Å². The molecule has 14 heavy (non-hydrogen) atoms. The summed E-state index contributed by atoms with van der Waals surface area (Å²) in [5, 5.41) is 0. The first-order valence-corrected chi connectivity index (χ1v) is 4.59. The lowest BCUT2D eigenvalue weighted by Crippen LogP contribution is -2.11. The summed E-state index contributed by atoms with van der Waals surface area (Å²) in [6.45, 7) is 5.26. The van der Waals surface area contributed by atoms with Gasteiger partial charge in [0.05, 0.1) is 12.1 Å². The molecule has 0 radical (unpaired) electrons. The van der Waals surface area contributed by atoms with E-state index in [4.69, 9.17) is 0 Å². The van der Waals surface area contributed by atoms with Gasteiger partial charge in [0.1, 0.15) is 5.78 Å². The molecule has 0 N–H and O–H groups in total. The molecule has 0 fully saturated rings. The third kappa shape index (κ3) is 1.92. The fourth-order valence-corrected chi connectivity index (χ4v) is 1.64. The predicted molar refractivity (Wildman–Crippen MR) is 54.5 cm³/mol. The van der Waals surface area contributed by atoms with Gasteiger partial charge < -0.3 is 4.57 Å². The number of aryl methyl sites for hydroxylation is 2. The molecule has 0 aliphatic heterocycles. The van der Waals surface area contributed by atoms with Crippen LogP contribution in [0.5, 0.6) is 0 Å². The molecule has 1 rings (SSSR count). The van der Waals surface area contributed by atoms with E-state index in [1.54, 1.807) is 0 Å². The maximum atomic E-state index is 11.7. The van der Waals surface area contributed by atoms with Gasteiger partial charge >= 0.3 is 0 Å². The molecule has 0 aliphatic rings. The number of aromatic nitrogens is 1. The Hall–Kier alpha value is -1.38. The molecule has 76 valence electrons. The molecule has 0 saturated heterocycles. The van der Waals surface area contributed by atoms with Crippen LogP contribution in [-0.4, -0.2) is 16.1 Å². The first-order valence-electron chi connectivity index (χ1n) is 4.59. The number of hydrogen-bond acceptors (Lipinski definition) is 2. The predicted octanol–water partition coefficient (Wildman–Crippen LogP) is 1.80. The van der Waals surface area contributed by atoms with Crippen LogP contribution in [-0.2, 0) is 11.8 Å². The molecule has 3 nitrogen and oxygen atoms in total. The second-order valence-electron chi connectivity index (χ2n) is 3.68. The Morgan fingerprint density at radius 3 is 2.29 bits per heavy atom. The van der Waals surface area contributed by atoms with E-state index in [1.165, 1.54) is 6.92 Å². The molecule has 3 heteroatoms. The molecular weight excluding hydrogens is 178 g/mol.